The molecule has 0 radical (unpaired) electrons. The minimum absolute atomic E-state index is 0.0418. The van der Waals surface area contributed by atoms with E-state index in [2.05, 4.69) is 20.3 Å². The summed E-state index contributed by atoms with van der Waals surface area (Å²) in [7, 11) is -2.46. The standard InChI is InChI=1S/C26H22BrClN2O5S2/c1-3-30-25(31)24(36-26(30)29-37(32,33)20-11-9-19(27)10-12-20)15-17-8-13-22(34-2)23(14-17)35-16-18-6-4-5-7-21(18)28/h4-15H,3,16H2,1-2H3/b24-15-,29-26?. The van der Waals surface area contributed by atoms with Gasteiger partial charge in [0.25, 0.3) is 15.9 Å². The van der Waals surface area contributed by atoms with Crippen LogP contribution in [0, 0.1) is 0 Å². The Bertz CT molecular complexity index is 1490. The summed E-state index contributed by atoms with van der Waals surface area (Å²) in [5.41, 5.74) is 1.50. The Labute approximate surface area is 233 Å². The third kappa shape index (κ3) is 6.38. The van der Waals surface area contributed by atoms with Crippen LogP contribution in [0.4, 0.5) is 0 Å². The summed E-state index contributed by atoms with van der Waals surface area (Å²) in [6, 6.07) is 18.8. The third-order valence-electron chi connectivity index (χ3n) is 5.34. The van der Waals surface area contributed by atoms with Gasteiger partial charge in [0, 0.05) is 21.6 Å². The number of halogens is 2. The maximum absolute atomic E-state index is 13.1. The molecule has 1 heterocycles. The fraction of sp³-hybridized carbons (Fsp3) is 0.154. The maximum atomic E-state index is 13.1. The van der Waals surface area contributed by atoms with E-state index in [4.69, 9.17) is 21.1 Å². The highest BCUT2D eigenvalue weighted by Crippen LogP contribution is 2.36. The van der Waals surface area contributed by atoms with Crippen LogP contribution in [0.25, 0.3) is 6.08 Å². The minimum atomic E-state index is -4.00. The summed E-state index contributed by atoms with van der Waals surface area (Å²) in [5, 5.41) is 0.697. The van der Waals surface area contributed by atoms with Crippen molar-refractivity contribution in [3.05, 3.63) is 92.3 Å². The number of carbonyl (C=O) groups is 1. The van der Waals surface area contributed by atoms with Gasteiger partial charge in [0.05, 0.1) is 16.9 Å². The molecular weight excluding hydrogens is 600 g/mol. The zero-order chi connectivity index (χ0) is 26.6. The van der Waals surface area contributed by atoms with Gasteiger partial charge in [0.2, 0.25) is 0 Å². The van der Waals surface area contributed by atoms with Crippen molar-refractivity contribution >= 4 is 66.5 Å². The fourth-order valence-electron chi connectivity index (χ4n) is 3.44. The van der Waals surface area contributed by atoms with Gasteiger partial charge in [0.1, 0.15) is 6.61 Å². The number of carbonyl (C=O) groups excluding carboxylic acids is 1. The Morgan fingerprint density at radius 3 is 2.49 bits per heavy atom. The van der Waals surface area contributed by atoms with Crippen molar-refractivity contribution in [1.82, 2.24) is 4.90 Å². The minimum Gasteiger partial charge on any atom is -0.493 e. The highest BCUT2D eigenvalue weighted by molar-refractivity contribution is 9.10. The van der Waals surface area contributed by atoms with Crippen LogP contribution in [-0.2, 0) is 21.4 Å². The van der Waals surface area contributed by atoms with Crippen molar-refractivity contribution < 1.29 is 22.7 Å². The zero-order valence-corrected chi connectivity index (χ0v) is 23.8. The summed E-state index contributed by atoms with van der Waals surface area (Å²) in [6.45, 7) is 2.27. The zero-order valence-electron chi connectivity index (χ0n) is 19.9. The molecule has 0 bridgehead atoms. The van der Waals surface area contributed by atoms with Crippen LogP contribution in [-0.4, -0.2) is 38.0 Å². The van der Waals surface area contributed by atoms with Gasteiger partial charge < -0.3 is 9.47 Å². The molecule has 4 rings (SSSR count). The number of amides is 1. The van der Waals surface area contributed by atoms with E-state index in [0.717, 1.165) is 21.8 Å². The molecule has 3 aromatic carbocycles. The fourth-order valence-corrected chi connectivity index (χ4v) is 6.13. The maximum Gasteiger partial charge on any atom is 0.284 e. The number of methoxy groups -OCH3 is 1. The van der Waals surface area contributed by atoms with Gasteiger partial charge in [-0.25, -0.2) is 0 Å². The first-order valence-corrected chi connectivity index (χ1v) is 14.5. The number of likely N-dealkylation sites (N-methyl/N-ethyl adjacent to an activating group) is 1. The predicted molar refractivity (Wildman–Crippen MR) is 150 cm³/mol. The Kier molecular flexibility index (Phi) is 8.63. The van der Waals surface area contributed by atoms with Gasteiger partial charge in [-0.2, -0.15) is 8.42 Å². The van der Waals surface area contributed by atoms with E-state index in [1.165, 1.54) is 17.0 Å². The predicted octanol–water partition coefficient (Wildman–Crippen LogP) is 6.37. The number of nitrogens with zero attached hydrogens (tertiary/aromatic N) is 2. The van der Waals surface area contributed by atoms with Crippen LogP contribution in [0.2, 0.25) is 5.02 Å². The number of benzene rings is 3. The number of rotatable bonds is 8. The lowest BCUT2D eigenvalue weighted by molar-refractivity contribution is -0.122. The van der Waals surface area contributed by atoms with Crippen LogP contribution in [0.3, 0.4) is 0 Å². The summed E-state index contributed by atoms with van der Waals surface area (Å²) < 4.78 is 41.8. The van der Waals surface area contributed by atoms with Gasteiger partial charge in [-0.3, -0.25) is 9.69 Å². The highest BCUT2D eigenvalue weighted by atomic mass is 79.9. The van der Waals surface area contributed by atoms with E-state index in [0.29, 0.717) is 27.0 Å². The number of thioether (sulfide) groups is 1. The first-order chi connectivity index (χ1) is 17.7. The second-order valence-corrected chi connectivity index (χ2v) is 11.7. The monoisotopic (exact) mass is 620 g/mol. The number of amidine groups is 1. The Morgan fingerprint density at radius 2 is 1.81 bits per heavy atom. The van der Waals surface area contributed by atoms with E-state index in [1.54, 1.807) is 56.5 Å². The highest BCUT2D eigenvalue weighted by Gasteiger charge is 2.34. The lowest BCUT2D eigenvalue weighted by Gasteiger charge is -2.12. The van der Waals surface area contributed by atoms with E-state index in [1.807, 2.05) is 18.2 Å². The molecule has 0 aromatic heterocycles. The Morgan fingerprint density at radius 1 is 1.08 bits per heavy atom. The number of hydrogen-bond acceptors (Lipinski definition) is 6. The largest absolute Gasteiger partial charge is 0.493 e. The Hall–Kier alpha value is -2.79. The molecule has 3 aromatic rings. The first-order valence-electron chi connectivity index (χ1n) is 11.1. The molecule has 1 fully saturated rings. The average Bonchev–Trinajstić information content (AvgIpc) is 3.16. The lowest BCUT2D eigenvalue weighted by atomic mass is 10.1. The second-order valence-electron chi connectivity index (χ2n) is 7.75. The summed E-state index contributed by atoms with van der Waals surface area (Å²) >= 11 is 10.5. The van der Waals surface area contributed by atoms with Crippen molar-refractivity contribution in [3.63, 3.8) is 0 Å². The SMILES string of the molecule is CCN1C(=O)/C(=C/c2ccc(OC)c(OCc3ccccc3Cl)c2)SC1=NS(=O)(=O)c1ccc(Br)cc1. The van der Waals surface area contributed by atoms with E-state index < -0.39 is 10.0 Å². The summed E-state index contributed by atoms with van der Waals surface area (Å²) in [6.07, 6.45) is 1.67. The molecule has 0 unspecified atom stereocenters. The van der Waals surface area contributed by atoms with Gasteiger partial charge in [-0.1, -0.05) is 51.8 Å². The topological polar surface area (TPSA) is 85.3 Å². The molecule has 11 heteroatoms. The summed E-state index contributed by atoms with van der Waals surface area (Å²) in [4.78, 5) is 14.8. The van der Waals surface area contributed by atoms with Gasteiger partial charge in [-0.05, 0) is 72.8 Å². The molecule has 1 saturated heterocycles. The van der Waals surface area contributed by atoms with Crippen LogP contribution >= 0.6 is 39.3 Å². The van der Waals surface area contributed by atoms with Crippen LogP contribution in [0.5, 0.6) is 11.5 Å². The summed E-state index contributed by atoms with van der Waals surface area (Å²) in [5.74, 6) is 0.676. The van der Waals surface area contributed by atoms with E-state index in [9.17, 15) is 13.2 Å². The van der Waals surface area contributed by atoms with Gasteiger partial charge in [-0.15, -0.1) is 4.40 Å². The second kappa shape index (κ2) is 11.7. The van der Waals surface area contributed by atoms with Gasteiger partial charge >= 0.3 is 0 Å². The van der Waals surface area contributed by atoms with Crippen molar-refractivity contribution in [3.8, 4) is 11.5 Å². The van der Waals surface area contributed by atoms with E-state index >= 15 is 0 Å². The molecule has 0 aliphatic carbocycles. The number of ether oxygens (including phenoxy) is 2. The van der Waals surface area contributed by atoms with Crippen molar-refractivity contribution in [1.29, 1.82) is 0 Å². The van der Waals surface area contributed by atoms with Crippen LogP contribution in [0.15, 0.2) is 85.4 Å². The van der Waals surface area contributed by atoms with Crippen molar-refractivity contribution in [2.45, 2.75) is 18.4 Å². The van der Waals surface area contributed by atoms with Crippen molar-refractivity contribution in [2.24, 2.45) is 4.40 Å². The third-order valence-corrected chi connectivity index (χ3v) is 8.64. The molecule has 7 nitrogen and oxygen atoms in total. The van der Waals surface area contributed by atoms with Crippen LogP contribution < -0.4 is 9.47 Å². The number of hydrogen-bond donors (Lipinski definition) is 0. The van der Waals surface area contributed by atoms with E-state index in [-0.39, 0.29) is 29.1 Å². The van der Waals surface area contributed by atoms with Crippen molar-refractivity contribution in [2.75, 3.05) is 13.7 Å². The first kappa shape index (κ1) is 27.3. The molecule has 37 heavy (non-hydrogen) atoms. The van der Waals surface area contributed by atoms with Gasteiger partial charge in [0.15, 0.2) is 16.7 Å². The molecule has 0 spiro atoms. The molecule has 0 atom stereocenters. The molecule has 0 N–H and O–H groups in total. The smallest absolute Gasteiger partial charge is 0.284 e. The average molecular weight is 622 g/mol. The molecule has 192 valence electrons. The lowest BCUT2D eigenvalue weighted by Crippen LogP contribution is -2.29. The molecule has 1 aliphatic heterocycles. The Balaban J connectivity index is 1.61. The number of sulfonamides is 1. The molecular formula is C26H22BrClN2O5S2. The quantitative estimate of drug-likeness (QED) is 0.272. The molecule has 1 aliphatic rings. The normalized spacial score (nSPS) is 16.0. The van der Waals surface area contributed by atoms with Crippen LogP contribution in [0.1, 0.15) is 18.1 Å². The molecule has 0 saturated carbocycles. The molecule has 1 amide bonds.